The number of nitrogens with one attached hydrogen (secondary N) is 2. The van der Waals surface area contributed by atoms with Crippen LogP contribution in [0.1, 0.15) is 5.56 Å². The molecule has 0 saturated carbocycles. The Labute approximate surface area is 125 Å². The Morgan fingerprint density at radius 3 is 2.38 bits per heavy atom. The van der Waals surface area contributed by atoms with Crippen molar-refractivity contribution in [3.8, 4) is 0 Å². The summed E-state index contributed by atoms with van der Waals surface area (Å²) in [5.41, 5.74) is 1.77. The highest BCUT2D eigenvalue weighted by Crippen LogP contribution is 2.25. The molecule has 0 aromatic heterocycles. The summed E-state index contributed by atoms with van der Waals surface area (Å²) in [5, 5.41) is 16.2. The number of nitrogens with zero attached hydrogens (tertiary/aromatic N) is 1. The summed E-state index contributed by atoms with van der Waals surface area (Å²) in [5.74, 6) is 0. The van der Waals surface area contributed by atoms with E-state index in [2.05, 4.69) is 10.6 Å². The molecule has 0 aliphatic rings. The molecule has 108 valence electrons. The lowest BCUT2D eigenvalue weighted by molar-refractivity contribution is -0.384. The number of non-ortho nitro benzene ring substituents is 1. The molecule has 2 N–H and O–H groups in total. The second kappa shape index (κ2) is 6.23. The Balaban J connectivity index is 2.06. The standard InChI is InChI=1S/C14H12ClN3O3/c1-9-3-2-4-12(15)13(9)17-14(19)16-10-5-7-11(8-6-10)18(20)21/h2-8H,1H3,(H2,16,17,19). The summed E-state index contributed by atoms with van der Waals surface area (Å²) in [6, 6.07) is 10.4. The van der Waals surface area contributed by atoms with Crippen molar-refractivity contribution in [3.05, 3.63) is 63.2 Å². The van der Waals surface area contributed by atoms with Crippen LogP contribution < -0.4 is 10.6 Å². The fraction of sp³-hybridized carbons (Fsp3) is 0.0714. The molecule has 7 heteroatoms. The Morgan fingerprint density at radius 1 is 1.14 bits per heavy atom. The Kier molecular flexibility index (Phi) is 4.39. The van der Waals surface area contributed by atoms with Crippen molar-refractivity contribution >= 4 is 34.7 Å². The van der Waals surface area contributed by atoms with Crippen LogP contribution in [-0.4, -0.2) is 11.0 Å². The molecule has 21 heavy (non-hydrogen) atoms. The summed E-state index contributed by atoms with van der Waals surface area (Å²) in [4.78, 5) is 21.9. The van der Waals surface area contributed by atoms with E-state index in [9.17, 15) is 14.9 Å². The van der Waals surface area contributed by atoms with Gasteiger partial charge in [-0.15, -0.1) is 0 Å². The monoisotopic (exact) mass is 305 g/mol. The average Bonchev–Trinajstić information content (AvgIpc) is 2.43. The number of nitro benzene ring substituents is 1. The van der Waals surface area contributed by atoms with Crippen LogP contribution >= 0.6 is 11.6 Å². The molecular weight excluding hydrogens is 294 g/mol. The van der Waals surface area contributed by atoms with Crippen molar-refractivity contribution in [2.24, 2.45) is 0 Å². The fourth-order valence-corrected chi connectivity index (χ4v) is 2.00. The molecule has 6 nitrogen and oxygen atoms in total. The SMILES string of the molecule is Cc1cccc(Cl)c1NC(=O)Nc1ccc([N+](=O)[O-])cc1. The molecule has 0 aliphatic carbocycles. The van der Waals surface area contributed by atoms with Gasteiger partial charge in [0.15, 0.2) is 0 Å². The van der Waals surface area contributed by atoms with Gasteiger partial charge in [0.25, 0.3) is 5.69 Å². The first-order valence-electron chi connectivity index (χ1n) is 6.05. The highest BCUT2D eigenvalue weighted by molar-refractivity contribution is 6.34. The molecule has 0 aliphatic heterocycles. The number of urea groups is 1. The maximum absolute atomic E-state index is 11.9. The highest BCUT2D eigenvalue weighted by atomic mass is 35.5. The molecule has 2 aromatic rings. The topological polar surface area (TPSA) is 84.3 Å². The van der Waals surface area contributed by atoms with Crippen LogP contribution in [-0.2, 0) is 0 Å². The van der Waals surface area contributed by atoms with E-state index in [4.69, 9.17) is 11.6 Å². The Bertz CT molecular complexity index is 666. The predicted octanol–water partition coefficient (Wildman–Crippen LogP) is 4.20. The van der Waals surface area contributed by atoms with Gasteiger partial charge in [-0.3, -0.25) is 10.1 Å². The number of nitro groups is 1. The lowest BCUT2D eigenvalue weighted by Crippen LogP contribution is -2.20. The number of carbonyl (C=O) groups excluding carboxylic acids is 1. The predicted molar refractivity (Wildman–Crippen MR) is 81.9 cm³/mol. The number of hydrogen-bond donors (Lipinski definition) is 2. The van der Waals surface area contributed by atoms with Crippen LogP contribution in [0, 0.1) is 17.0 Å². The van der Waals surface area contributed by atoms with Crippen molar-refractivity contribution in [2.45, 2.75) is 6.92 Å². The first kappa shape index (κ1) is 14.8. The number of carbonyl (C=O) groups is 1. The van der Waals surface area contributed by atoms with Crippen LogP contribution in [0.2, 0.25) is 5.02 Å². The van der Waals surface area contributed by atoms with E-state index in [1.807, 2.05) is 13.0 Å². The third-order valence-electron chi connectivity index (χ3n) is 2.80. The molecule has 0 spiro atoms. The Hall–Kier alpha value is -2.60. The third-order valence-corrected chi connectivity index (χ3v) is 3.11. The van der Waals surface area contributed by atoms with Crippen LogP contribution in [0.5, 0.6) is 0 Å². The molecule has 0 unspecified atom stereocenters. The van der Waals surface area contributed by atoms with Crippen molar-refractivity contribution in [1.82, 2.24) is 0 Å². The van der Waals surface area contributed by atoms with E-state index >= 15 is 0 Å². The average molecular weight is 306 g/mol. The molecule has 0 heterocycles. The molecule has 0 radical (unpaired) electrons. The summed E-state index contributed by atoms with van der Waals surface area (Å²) in [6.07, 6.45) is 0. The maximum atomic E-state index is 11.9. The van der Waals surface area contributed by atoms with Gasteiger partial charge < -0.3 is 10.6 Å². The second-order valence-electron chi connectivity index (χ2n) is 4.31. The minimum atomic E-state index is -0.503. The number of rotatable bonds is 3. The van der Waals surface area contributed by atoms with E-state index in [0.717, 1.165) is 5.56 Å². The number of halogens is 1. The molecule has 2 rings (SSSR count). The number of benzene rings is 2. The molecule has 0 atom stereocenters. The first-order valence-corrected chi connectivity index (χ1v) is 6.43. The highest BCUT2D eigenvalue weighted by Gasteiger charge is 2.09. The normalized spacial score (nSPS) is 10.0. The molecule has 0 fully saturated rings. The van der Waals surface area contributed by atoms with Crippen LogP contribution in [0.25, 0.3) is 0 Å². The van der Waals surface area contributed by atoms with Gasteiger partial charge in [-0.2, -0.15) is 0 Å². The van der Waals surface area contributed by atoms with E-state index in [1.165, 1.54) is 24.3 Å². The largest absolute Gasteiger partial charge is 0.323 e. The zero-order valence-electron chi connectivity index (χ0n) is 11.1. The number of anilines is 2. The molecule has 0 bridgehead atoms. The fourth-order valence-electron chi connectivity index (χ4n) is 1.73. The van der Waals surface area contributed by atoms with Gasteiger partial charge in [0.05, 0.1) is 15.6 Å². The quantitative estimate of drug-likeness (QED) is 0.658. The van der Waals surface area contributed by atoms with E-state index in [1.54, 1.807) is 12.1 Å². The summed E-state index contributed by atoms with van der Waals surface area (Å²) < 4.78 is 0. The van der Waals surface area contributed by atoms with Crippen LogP contribution in [0.3, 0.4) is 0 Å². The van der Waals surface area contributed by atoms with Crippen molar-refractivity contribution in [2.75, 3.05) is 10.6 Å². The number of amides is 2. The van der Waals surface area contributed by atoms with Gasteiger partial charge in [-0.1, -0.05) is 23.7 Å². The third kappa shape index (κ3) is 3.70. The number of hydrogen-bond acceptors (Lipinski definition) is 3. The van der Waals surface area contributed by atoms with Gasteiger partial charge >= 0.3 is 6.03 Å². The summed E-state index contributed by atoms with van der Waals surface area (Å²) >= 11 is 6.01. The van der Waals surface area contributed by atoms with Gasteiger partial charge in [-0.25, -0.2) is 4.79 Å². The van der Waals surface area contributed by atoms with Crippen LogP contribution in [0.15, 0.2) is 42.5 Å². The summed E-state index contributed by atoms with van der Waals surface area (Å²) in [7, 11) is 0. The minimum absolute atomic E-state index is 0.0390. The molecule has 2 amide bonds. The smallest absolute Gasteiger partial charge is 0.308 e. The van der Waals surface area contributed by atoms with Crippen molar-refractivity contribution in [1.29, 1.82) is 0 Å². The van der Waals surface area contributed by atoms with Gasteiger partial charge in [0.2, 0.25) is 0 Å². The van der Waals surface area contributed by atoms with Crippen molar-refractivity contribution in [3.63, 3.8) is 0 Å². The Morgan fingerprint density at radius 2 is 1.81 bits per heavy atom. The van der Waals surface area contributed by atoms with Gasteiger partial charge in [-0.05, 0) is 30.7 Å². The second-order valence-corrected chi connectivity index (χ2v) is 4.72. The zero-order chi connectivity index (χ0) is 15.4. The molecular formula is C14H12ClN3O3. The summed E-state index contributed by atoms with van der Waals surface area (Å²) in [6.45, 7) is 1.83. The minimum Gasteiger partial charge on any atom is -0.308 e. The van der Waals surface area contributed by atoms with E-state index in [0.29, 0.717) is 16.4 Å². The van der Waals surface area contributed by atoms with E-state index < -0.39 is 11.0 Å². The first-order chi connectivity index (χ1) is 9.97. The molecule has 0 saturated heterocycles. The number of aryl methyl sites for hydroxylation is 1. The number of para-hydroxylation sites is 1. The zero-order valence-corrected chi connectivity index (χ0v) is 11.8. The lowest BCUT2D eigenvalue weighted by Gasteiger charge is -2.11. The van der Waals surface area contributed by atoms with Crippen molar-refractivity contribution < 1.29 is 9.72 Å². The molecule has 2 aromatic carbocycles. The lowest BCUT2D eigenvalue weighted by atomic mass is 10.2. The van der Waals surface area contributed by atoms with E-state index in [-0.39, 0.29) is 5.69 Å². The van der Waals surface area contributed by atoms with Gasteiger partial charge in [0.1, 0.15) is 0 Å². The van der Waals surface area contributed by atoms with Gasteiger partial charge in [0, 0.05) is 17.8 Å². The van der Waals surface area contributed by atoms with Crippen LogP contribution in [0.4, 0.5) is 21.9 Å². The maximum Gasteiger partial charge on any atom is 0.323 e.